The molecule has 1 aromatic carbocycles. The molecule has 5 nitrogen and oxygen atoms in total. The van der Waals surface area contributed by atoms with Crippen molar-refractivity contribution in [2.75, 3.05) is 13.1 Å². The van der Waals surface area contributed by atoms with Crippen LogP contribution in [0.4, 0.5) is 17.6 Å². The summed E-state index contributed by atoms with van der Waals surface area (Å²) in [6.45, 7) is -1.67. The lowest BCUT2D eigenvalue weighted by Gasteiger charge is -2.18. The van der Waals surface area contributed by atoms with Crippen LogP contribution in [-0.2, 0) is 4.79 Å². The van der Waals surface area contributed by atoms with Crippen molar-refractivity contribution in [2.24, 2.45) is 0 Å². The number of alkyl halides is 3. The van der Waals surface area contributed by atoms with E-state index < -0.39 is 36.4 Å². The number of amides is 2. The second kappa shape index (κ2) is 5.82. The molecule has 9 heteroatoms. The Labute approximate surface area is 122 Å². The maximum absolute atomic E-state index is 13.5. The normalized spacial score (nSPS) is 18.6. The fourth-order valence-corrected chi connectivity index (χ4v) is 2.19. The first-order valence-corrected chi connectivity index (χ1v) is 6.29. The average molecular weight is 320 g/mol. The van der Waals surface area contributed by atoms with Gasteiger partial charge >= 0.3 is 6.18 Å². The maximum atomic E-state index is 13.5. The van der Waals surface area contributed by atoms with Gasteiger partial charge in [-0.3, -0.25) is 9.59 Å². The number of benzene rings is 1. The van der Waals surface area contributed by atoms with E-state index in [2.05, 4.69) is 5.32 Å². The quantitative estimate of drug-likeness (QED) is 0.828. The SMILES string of the molecule is O=C(N[C@@H]1CC(=O)N(CC(F)(F)F)C1)c1ccc(O)cc1F. The van der Waals surface area contributed by atoms with Crippen molar-refractivity contribution < 1.29 is 32.3 Å². The number of aromatic hydroxyl groups is 1. The third-order valence-corrected chi connectivity index (χ3v) is 3.12. The molecule has 0 bridgehead atoms. The van der Waals surface area contributed by atoms with Gasteiger partial charge in [0.25, 0.3) is 5.91 Å². The monoisotopic (exact) mass is 320 g/mol. The lowest BCUT2D eigenvalue weighted by Crippen LogP contribution is -2.40. The van der Waals surface area contributed by atoms with Crippen LogP contribution in [0.1, 0.15) is 16.8 Å². The van der Waals surface area contributed by atoms with Crippen molar-refractivity contribution in [3.63, 3.8) is 0 Å². The molecule has 0 unspecified atom stereocenters. The Kier molecular flexibility index (Phi) is 4.25. The van der Waals surface area contributed by atoms with E-state index in [9.17, 15) is 27.2 Å². The Bertz CT molecular complexity index is 603. The molecule has 1 aliphatic rings. The molecule has 1 atom stereocenters. The maximum Gasteiger partial charge on any atom is 0.406 e. The highest BCUT2D eigenvalue weighted by Gasteiger charge is 2.38. The van der Waals surface area contributed by atoms with Crippen LogP contribution in [0.15, 0.2) is 18.2 Å². The van der Waals surface area contributed by atoms with Crippen molar-refractivity contribution in [3.8, 4) is 5.75 Å². The van der Waals surface area contributed by atoms with Gasteiger partial charge in [-0.25, -0.2) is 4.39 Å². The van der Waals surface area contributed by atoms with E-state index in [0.29, 0.717) is 4.90 Å². The van der Waals surface area contributed by atoms with Crippen LogP contribution in [0.25, 0.3) is 0 Å². The summed E-state index contributed by atoms with van der Waals surface area (Å²) in [7, 11) is 0. The number of likely N-dealkylation sites (tertiary alicyclic amines) is 1. The number of hydrogen-bond acceptors (Lipinski definition) is 3. The molecule has 120 valence electrons. The summed E-state index contributed by atoms with van der Waals surface area (Å²) in [5.74, 6) is -2.91. The molecule has 2 amide bonds. The van der Waals surface area contributed by atoms with E-state index in [0.717, 1.165) is 18.2 Å². The van der Waals surface area contributed by atoms with E-state index in [1.54, 1.807) is 0 Å². The van der Waals surface area contributed by atoms with E-state index in [1.165, 1.54) is 0 Å². The van der Waals surface area contributed by atoms with Crippen LogP contribution < -0.4 is 5.32 Å². The molecule has 1 aromatic rings. The minimum absolute atomic E-state index is 0.276. The second-order valence-corrected chi connectivity index (χ2v) is 4.93. The third kappa shape index (κ3) is 3.86. The van der Waals surface area contributed by atoms with Gasteiger partial charge in [0.15, 0.2) is 0 Å². The summed E-state index contributed by atoms with van der Waals surface area (Å²) < 4.78 is 50.3. The van der Waals surface area contributed by atoms with Gasteiger partial charge in [0.1, 0.15) is 18.1 Å². The number of phenols is 1. The molecule has 0 spiro atoms. The first-order chi connectivity index (χ1) is 10.2. The first-order valence-electron chi connectivity index (χ1n) is 6.29. The minimum Gasteiger partial charge on any atom is -0.508 e. The number of phenolic OH excluding ortho intramolecular Hbond substituents is 1. The molecule has 2 N–H and O–H groups in total. The smallest absolute Gasteiger partial charge is 0.406 e. The van der Waals surface area contributed by atoms with Crippen LogP contribution in [0.3, 0.4) is 0 Å². The minimum atomic E-state index is -4.52. The van der Waals surface area contributed by atoms with Crippen molar-refractivity contribution in [1.29, 1.82) is 0 Å². The Hall–Kier alpha value is -2.32. The lowest BCUT2D eigenvalue weighted by molar-refractivity contribution is -0.157. The van der Waals surface area contributed by atoms with Gasteiger partial charge < -0.3 is 15.3 Å². The highest BCUT2D eigenvalue weighted by Crippen LogP contribution is 2.21. The zero-order valence-corrected chi connectivity index (χ0v) is 11.2. The highest BCUT2D eigenvalue weighted by molar-refractivity contribution is 5.95. The molecule has 0 aliphatic carbocycles. The Morgan fingerprint density at radius 1 is 1.41 bits per heavy atom. The molecule has 1 saturated heterocycles. The van der Waals surface area contributed by atoms with Gasteiger partial charge in [0.2, 0.25) is 5.91 Å². The average Bonchev–Trinajstić information content (AvgIpc) is 2.66. The molecule has 0 saturated carbocycles. The highest BCUT2D eigenvalue weighted by atomic mass is 19.4. The standard InChI is InChI=1S/C13H12F4N2O3/c14-10-4-8(20)1-2-9(10)12(22)18-7-3-11(21)19(5-7)6-13(15,16)17/h1-2,4,7,20H,3,5-6H2,(H,18,22)/t7-/m1/s1. The van der Waals surface area contributed by atoms with Gasteiger partial charge in [-0.1, -0.05) is 0 Å². The van der Waals surface area contributed by atoms with Gasteiger partial charge in [-0.2, -0.15) is 13.2 Å². The molecule has 2 rings (SSSR count). The zero-order valence-electron chi connectivity index (χ0n) is 11.2. The zero-order chi connectivity index (χ0) is 16.5. The summed E-state index contributed by atoms with van der Waals surface area (Å²) in [6.07, 6.45) is -4.79. The van der Waals surface area contributed by atoms with Crippen LogP contribution in [0.5, 0.6) is 5.75 Å². The van der Waals surface area contributed by atoms with Crippen LogP contribution in [0.2, 0.25) is 0 Å². The molecular weight excluding hydrogens is 308 g/mol. The number of nitrogens with zero attached hydrogens (tertiary/aromatic N) is 1. The fourth-order valence-electron chi connectivity index (χ4n) is 2.19. The number of carbonyl (C=O) groups is 2. The van der Waals surface area contributed by atoms with E-state index in [-0.39, 0.29) is 24.3 Å². The van der Waals surface area contributed by atoms with Crippen LogP contribution >= 0.6 is 0 Å². The number of hydrogen-bond donors (Lipinski definition) is 2. The predicted octanol–water partition coefficient (Wildman–Crippen LogP) is 1.42. The predicted molar refractivity (Wildman–Crippen MR) is 66.6 cm³/mol. The van der Waals surface area contributed by atoms with Gasteiger partial charge in [0, 0.05) is 19.0 Å². The number of rotatable bonds is 3. The van der Waals surface area contributed by atoms with Gasteiger partial charge in [0.05, 0.1) is 11.6 Å². The summed E-state index contributed by atoms with van der Waals surface area (Å²) in [4.78, 5) is 23.9. The van der Waals surface area contributed by atoms with E-state index in [1.807, 2.05) is 0 Å². The summed E-state index contributed by atoms with van der Waals surface area (Å²) in [5.41, 5.74) is -0.362. The van der Waals surface area contributed by atoms with E-state index >= 15 is 0 Å². The Balaban J connectivity index is 2.00. The van der Waals surface area contributed by atoms with Gasteiger partial charge in [-0.15, -0.1) is 0 Å². The molecule has 22 heavy (non-hydrogen) atoms. The number of nitrogens with one attached hydrogen (secondary N) is 1. The van der Waals surface area contributed by atoms with Crippen molar-refractivity contribution >= 4 is 11.8 Å². The Morgan fingerprint density at radius 3 is 2.68 bits per heavy atom. The molecular formula is C13H12F4N2O3. The fraction of sp³-hybridized carbons (Fsp3) is 0.385. The largest absolute Gasteiger partial charge is 0.508 e. The molecule has 0 aromatic heterocycles. The van der Waals surface area contributed by atoms with Gasteiger partial charge in [-0.05, 0) is 12.1 Å². The molecule has 0 radical (unpaired) electrons. The second-order valence-electron chi connectivity index (χ2n) is 4.93. The van der Waals surface area contributed by atoms with Crippen molar-refractivity contribution in [2.45, 2.75) is 18.6 Å². The summed E-state index contributed by atoms with van der Waals surface area (Å²) >= 11 is 0. The first kappa shape index (κ1) is 16.1. The van der Waals surface area contributed by atoms with E-state index in [4.69, 9.17) is 5.11 Å². The van der Waals surface area contributed by atoms with Crippen molar-refractivity contribution in [1.82, 2.24) is 10.2 Å². The number of halogens is 4. The lowest BCUT2D eigenvalue weighted by atomic mass is 10.1. The summed E-state index contributed by atoms with van der Waals surface area (Å²) in [6, 6.07) is 2.07. The molecule has 1 fully saturated rings. The Morgan fingerprint density at radius 2 is 2.09 bits per heavy atom. The topological polar surface area (TPSA) is 69.6 Å². The number of carbonyl (C=O) groups excluding carboxylic acids is 2. The van der Waals surface area contributed by atoms with Crippen LogP contribution in [-0.4, -0.2) is 47.1 Å². The summed E-state index contributed by atoms with van der Waals surface area (Å²) in [5, 5.41) is 11.4. The van der Waals surface area contributed by atoms with Crippen LogP contribution in [0, 0.1) is 5.82 Å². The third-order valence-electron chi connectivity index (χ3n) is 3.12. The molecule has 1 heterocycles. The molecule has 1 aliphatic heterocycles. The van der Waals surface area contributed by atoms with Crippen molar-refractivity contribution in [3.05, 3.63) is 29.6 Å².